The Labute approximate surface area is 193 Å². The summed E-state index contributed by atoms with van der Waals surface area (Å²) in [4.78, 5) is 29.8. The number of amides is 2. The van der Waals surface area contributed by atoms with Gasteiger partial charge in [-0.05, 0) is 18.2 Å². The Bertz CT molecular complexity index is 1140. The summed E-state index contributed by atoms with van der Waals surface area (Å²) in [5.74, 6) is -1.06. The zero-order chi connectivity index (χ0) is 24.1. The van der Waals surface area contributed by atoms with Crippen LogP contribution in [0.5, 0.6) is 5.75 Å². The predicted octanol–water partition coefficient (Wildman–Crippen LogP) is 3.29. The number of hydrogen-bond donors (Lipinski definition) is 2. The summed E-state index contributed by atoms with van der Waals surface area (Å²) in [5, 5.41) is 9.35. The van der Waals surface area contributed by atoms with E-state index >= 15 is 0 Å². The Balaban J connectivity index is 1.25. The van der Waals surface area contributed by atoms with Crippen LogP contribution in [0.2, 0.25) is 0 Å². The molecule has 1 aromatic carbocycles. The molecule has 0 unspecified atom stereocenters. The SMILES string of the molecule is O=C(NCC(=O)N1CCC(Oc2cccnc2C(F)(F)F)CC1)c1cc(-c2ccccc2)n[nH]1. The maximum atomic E-state index is 13.1. The van der Waals surface area contributed by atoms with Gasteiger partial charge in [0.15, 0.2) is 11.4 Å². The number of nitrogens with one attached hydrogen (secondary N) is 2. The Morgan fingerprint density at radius 2 is 1.85 bits per heavy atom. The van der Waals surface area contributed by atoms with E-state index in [0.29, 0.717) is 31.6 Å². The number of benzene rings is 1. The number of aromatic amines is 1. The van der Waals surface area contributed by atoms with Gasteiger partial charge in [-0.3, -0.25) is 14.7 Å². The highest BCUT2D eigenvalue weighted by molar-refractivity contribution is 5.95. The number of piperidine rings is 1. The molecule has 0 bridgehead atoms. The lowest BCUT2D eigenvalue weighted by Gasteiger charge is -2.32. The quantitative estimate of drug-likeness (QED) is 0.572. The molecule has 2 amide bonds. The molecular weight excluding hydrogens is 451 g/mol. The normalized spacial score (nSPS) is 14.6. The molecule has 11 heteroatoms. The van der Waals surface area contributed by atoms with Gasteiger partial charge < -0.3 is 15.0 Å². The number of halogens is 3. The van der Waals surface area contributed by atoms with Gasteiger partial charge >= 0.3 is 6.18 Å². The van der Waals surface area contributed by atoms with Gasteiger partial charge in [-0.2, -0.15) is 18.3 Å². The summed E-state index contributed by atoms with van der Waals surface area (Å²) in [5.41, 5.74) is 0.634. The number of ether oxygens (including phenoxy) is 1. The maximum absolute atomic E-state index is 13.1. The van der Waals surface area contributed by atoms with E-state index in [4.69, 9.17) is 4.74 Å². The molecule has 0 saturated carbocycles. The lowest BCUT2D eigenvalue weighted by Crippen LogP contribution is -2.46. The van der Waals surface area contributed by atoms with Crippen molar-refractivity contribution in [3.05, 3.63) is 66.1 Å². The van der Waals surface area contributed by atoms with Crippen molar-refractivity contribution in [3.8, 4) is 17.0 Å². The molecule has 1 aliphatic heterocycles. The molecule has 3 aromatic rings. The first kappa shape index (κ1) is 23.3. The molecule has 1 fully saturated rings. The average molecular weight is 473 g/mol. The van der Waals surface area contributed by atoms with Crippen molar-refractivity contribution in [1.29, 1.82) is 0 Å². The standard InChI is InChI=1S/C23H22F3N5O3/c24-23(25,26)21-19(7-4-10-27-21)34-16-8-11-31(12-9-16)20(32)14-28-22(33)18-13-17(29-30-18)15-5-2-1-3-6-15/h1-7,10,13,16H,8-9,11-12,14H2,(H,28,33)(H,29,30). The number of aromatic nitrogens is 3. The summed E-state index contributed by atoms with van der Waals surface area (Å²) in [6.45, 7) is 0.414. The Morgan fingerprint density at radius 3 is 2.56 bits per heavy atom. The van der Waals surface area contributed by atoms with Crippen LogP contribution < -0.4 is 10.1 Å². The van der Waals surface area contributed by atoms with Crippen molar-refractivity contribution < 1.29 is 27.5 Å². The van der Waals surface area contributed by atoms with Gasteiger partial charge in [0.25, 0.3) is 5.91 Å². The number of hydrogen-bond acceptors (Lipinski definition) is 5. The van der Waals surface area contributed by atoms with Crippen LogP contribution in [0.25, 0.3) is 11.3 Å². The van der Waals surface area contributed by atoms with E-state index in [1.54, 1.807) is 11.0 Å². The van der Waals surface area contributed by atoms with E-state index in [-0.39, 0.29) is 23.9 Å². The molecule has 178 valence electrons. The predicted molar refractivity (Wildman–Crippen MR) is 116 cm³/mol. The van der Waals surface area contributed by atoms with Crippen LogP contribution in [0.4, 0.5) is 13.2 Å². The number of H-pyrrole nitrogens is 1. The minimum absolute atomic E-state index is 0.203. The summed E-state index contributed by atoms with van der Waals surface area (Å²) < 4.78 is 44.8. The van der Waals surface area contributed by atoms with Gasteiger partial charge in [0.2, 0.25) is 5.91 Å². The third-order valence-electron chi connectivity index (χ3n) is 5.42. The zero-order valence-corrected chi connectivity index (χ0v) is 18.0. The van der Waals surface area contributed by atoms with Crippen LogP contribution in [-0.4, -0.2) is 57.6 Å². The van der Waals surface area contributed by atoms with E-state index < -0.39 is 23.9 Å². The first-order valence-corrected chi connectivity index (χ1v) is 10.7. The summed E-state index contributed by atoms with van der Waals surface area (Å²) in [6, 6.07) is 13.6. The van der Waals surface area contributed by atoms with Crippen LogP contribution in [0.1, 0.15) is 29.0 Å². The van der Waals surface area contributed by atoms with Crippen molar-refractivity contribution in [2.45, 2.75) is 25.1 Å². The molecule has 2 aromatic heterocycles. The van der Waals surface area contributed by atoms with Gasteiger partial charge in [0.05, 0.1) is 12.2 Å². The summed E-state index contributed by atoms with van der Waals surface area (Å²) >= 11 is 0. The minimum atomic E-state index is -4.61. The van der Waals surface area contributed by atoms with E-state index in [2.05, 4.69) is 20.5 Å². The first-order chi connectivity index (χ1) is 16.3. The first-order valence-electron chi connectivity index (χ1n) is 10.7. The second-order valence-corrected chi connectivity index (χ2v) is 7.76. The topological polar surface area (TPSA) is 100 Å². The highest BCUT2D eigenvalue weighted by atomic mass is 19.4. The highest BCUT2D eigenvalue weighted by Crippen LogP contribution is 2.35. The molecule has 4 rings (SSSR count). The van der Waals surface area contributed by atoms with E-state index in [1.165, 1.54) is 12.1 Å². The number of carbonyl (C=O) groups is 2. The number of carbonyl (C=O) groups excluding carboxylic acids is 2. The number of rotatable bonds is 6. The number of alkyl halides is 3. The fourth-order valence-corrected chi connectivity index (χ4v) is 3.66. The monoisotopic (exact) mass is 473 g/mol. The second kappa shape index (κ2) is 9.94. The molecule has 1 saturated heterocycles. The van der Waals surface area contributed by atoms with Crippen LogP contribution >= 0.6 is 0 Å². The fraction of sp³-hybridized carbons (Fsp3) is 0.304. The van der Waals surface area contributed by atoms with Crippen LogP contribution in [-0.2, 0) is 11.0 Å². The molecule has 1 aliphatic rings. The lowest BCUT2D eigenvalue weighted by molar-refractivity contribution is -0.143. The smallest absolute Gasteiger partial charge is 0.437 e. The number of nitrogens with zero attached hydrogens (tertiary/aromatic N) is 3. The Morgan fingerprint density at radius 1 is 1.12 bits per heavy atom. The fourth-order valence-electron chi connectivity index (χ4n) is 3.66. The van der Waals surface area contributed by atoms with E-state index in [9.17, 15) is 22.8 Å². The Kier molecular flexibility index (Phi) is 6.80. The molecule has 2 N–H and O–H groups in total. The van der Waals surface area contributed by atoms with Gasteiger partial charge in [-0.1, -0.05) is 30.3 Å². The van der Waals surface area contributed by atoms with Gasteiger partial charge in [0.1, 0.15) is 11.8 Å². The van der Waals surface area contributed by atoms with Gasteiger partial charge in [-0.15, -0.1) is 0 Å². The van der Waals surface area contributed by atoms with Gasteiger partial charge in [-0.25, -0.2) is 4.98 Å². The largest absolute Gasteiger partial charge is 0.488 e. The van der Waals surface area contributed by atoms with E-state index in [1.807, 2.05) is 30.3 Å². The van der Waals surface area contributed by atoms with Crippen molar-refractivity contribution in [1.82, 2.24) is 25.4 Å². The molecule has 0 radical (unpaired) electrons. The average Bonchev–Trinajstić information content (AvgIpc) is 3.34. The third-order valence-corrected chi connectivity index (χ3v) is 5.42. The summed E-state index contributed by atoms with van der Waals surface area (Å²) in [6.07, 6.45) is -3.27. The van der Waals surface area contributed by atoms with E-state index in [0.717, 1.165) is 11.8 Å². The van der Waals surface area contributed by atoms with Crippen LogP contribution in [0.3, 0.4) is 0 Å². The molecule has 0 spiro atoms. The van der Waals surface area contributed by atoms with Crippen LogP contribution in [0.15, 0.2) is 54.7 Å². The molecule has 34 heavy (non-hydrogen) atoms. The molecular formula is C23H22F3N5O3. The molecule has 0 aliphatic carbocycles. The maximum Gasteiger partial charge on any atom is 0.437 e. The number of pyridine rings is 1. The second-order valence-electron chi connectivity index (χ2n) is 7.76. The molecule has 3 heterocycles. The van der Waals surface area contributed by atoms with Crippen molar-refractivity contribution in [3.63, 3.8) is 0 Å². The lowest BCUT2D eigenvalue weighted by atomic mass is 10.1. The van der Waals surface area contributed by atoms with Crippen molar-refractivity contribution in [2.75, 3.05) is 19.6 Å². The number of likely N-dealkylation sites (tertiary alicyclic amines) is 1. The molecule has 0 atom stereocenters. The van der Waals surface area contributed by atoms with Crippen molar-refractivity contribution in [2.24, 2.45) is 0 Å². The van der Waals surface area contributed by atoms with Gasteiger partial charge in [0, 0.05) is 37.7 Å². The molecule has 8 nitrogen and oxygen atoms in total. The third kappa shape index (κ3) is 5.53. The summed E-state index contributed by atoms with van der Waals surface area (Å²) in [7, 11) is 0. The van der Waals surface area contributed by atoms with Crippen molar-refractivity contribution >= 4 is 11.8 Å². The Hall–Kier alpha value is -3.89. The minimum Gasteiger partial charge on any atom is -0.488 e. The zero-order valence-electron chi connectivity index (χ0n) is 18.0. The highest BCUT2D eigenvalue weighted by Gasteiger charge is 2.37. The van der Waals surface area contributed by atoms with Crippen LogP contribution in [0, 0.1) is 0 Å².